The van der Waals surface area contributed by atoms with Crippen LogP contribution in [0.15, 0.2) is 48.5 Å². The summed E-state index contributed by atoms with van der Waals surface area (Å²) >= 11 is 6.07. The summed E-state index contributed by atoms with van der Waals surface area (Å²) in [5.41, 5.74) is 3.52. The fraction of sp³-hybridized carbons (Fsp3) is 0.381. The average Bonchev–Trinajstić information content (AvgIpc) is 2.68. The first-order valence-corrected chi connectivity index (χ1v) is 9.64. The highest BCUT2D eigenvalue weighted by atomic mass is 35.5. The SMILES string of the molecule is CCc1ccc(NCCC(=O)N2CCN(c3cccc(Cl)c3)CC2)cc1. The Bertz CT molecular complexity index is 724. The molecule has 0 atom stereocenters. The van der Waals surface area contributed by atoms with Crippen LogP contribution in [0.2, 0.25) is 5.02 Å². The van der Waals surface area contributed by atoms with Crippen LogP contribution in [-0.4, -0.2) is 43.5 Å². The van der Waals surface area contributed by atoms with Crippen molar-refractivity contribution >= 4 is 28.9 Å². The molecule has 0 unspecified atom stereocenters. The number of halogens is 1. The molecule has 1 amide bonds. The number of anilines is 2. The van der Waals surface area contributed by atoms with Crippen molar-refractivity contribution in [3.63, 3.8) is 0 Å². The first-order valence-electron chi connectivity index (χ1n) is 9.27. The smallest absolute Gasteiger partial charge is 0.224 e. The van der Waals surface area contributed by atoms with Crippen LogP contribution in [0.5, 0.6) is 0 Å². The first kappa shape index (κ1) is 18.6. The Labute approximate surface area is 160 Å². The van der Waals surface area contributed by atoms with Crippen molar-refractivity contribution in [3.8, 4) is 0 Å². The summed E-state index contributed by atoms with van der Waals surface area (Å²) in [5, 5.41) is 4.08. The van der Waals surface area contributed by atoms with Crippen LogP contribution in [0.3, 0.4) is 0 Å². The number of benzene rings is 2. The zero-order chi connectivity index (χ0) is 18.4. The van der Waals surface area contributed by atoms with Gasteiger partial charge >= 0.3 is 0 Å². The number of hydrogen-bond donors (Lipinski definition) is 1. The molecular formula is C21H26ClN3O. The van der Waals surface area contributed by atoms with Crippen LogP contribution < -0.4 is 10.2 Å². The third kappa shape index (κ3) is 4.92. The highest BCUT2D eigenvalue weighted by Gasteiger charge is 2.21. The molecule has 1 heterocycles. The van der Waals surface area contributed by atoms with E-state index < -0.39 is 0 Å². The minimum Gasteiger partial charge on any atom is -0.385 e. The van der Waals surface area contributed by atoms with Gasteiger partial charge in [0.2, 0.25) is 5.91 Å². The summed E-state index contributed by atoms with van der Waals surface area (Å²) in [4.78, 5) is 16.7. The Morgan fingerprint density at radius 3 is 2.46 bits per heavy atom. The molecule has 0 saturated carbocycles. The molecule has 1 aliphatic heterocycles. The van der Waals surface area contributed by atoms with Gasteiger partial charge in [0.05, 0.1) is 0 Å². The number of nitrogens with zero attached hydrogens (tertiary/aromatic N) is 2. The van der Waals surface area contributed by atoms with E-state index in [1.54, 1.807) is 0 Å². The van der Waals surface area contributed by atoms with Gasteiger partial charge in [-0.25, -0.2) is 0 Å². The van der Waals surface area contributed by atoms with E-state index in [0.29, 0.717) is 13.0 Å². The Kier molecular flexibility index (Phi) is 6.40. The molecule has 1 N–H and O–H groups in total. The number of nitrogens with one attached hydrogen (secondary N) is 1. The number of carbonyl (C=O) groups excluding carboxylic acids is 1. The summed E-state index contributed by atoms with van der Waals surface area (Å²) in [6, 6.07) is 16.3. The maximum absolute atomic E-state index is 12.4. The number of piperazine rings is 1. The number of hydrogen-bond acceptors (Lipinski definition) is 3. The molecule has 2 aromatic rings. The molecule has 0 aliphatic carbocycles. The third-order valence-corrected chi connectivity index (χ3v) is 5.07. The summed E-state index contributed by atoms with van der Waals surface area (Å²) in [6.45, 7) is 6.02. The van der Waals surface area contributed by atoms with Gasteiger partial charge in [0.1, 0.15) is 0 Å². The van der Waals surface area contributed by atoms with Gasteiger partial charge in [0.25, 0.3) is 0 Å². The topological polar surface area (TPSA) is 35.6 Å². The van der Waals surface area contributed by atoms with Gasteiger partial charge in [-0.2, -0.15) is 0 Å². The van der Waals surface area contributed by atoms with E-state index in [9.17, 15) is 4.79 Å². The van der Waals surface area contributed by atoms with E-state index in [2.05, 4.69) is 47.5 Å². The van der Waals surface area contributed by atoms with Crippen LogP contribution in [0.25, 0.3) is 0 Å². The van der Waals surface area contributed by atoms with Crippen molar-refractivity contribution in [2.45, 2.75) is 19.8 Å². The van der Waals surface area contributed by atoms with Gasteiger partial charge in [0, 0.05) is 55.5 Å². The molecule has 1 fully saturated rings. The lowest BCUT2D eigenvalue weighted by Crippen LogP contribution is -2.49. The zero-order valence-electron chi connectivity index (χ0n) is 15.2. The van der Waals surface area contributed by atoms with Crippen molar-refractivity contribution in [1.82, 2.24) is 4.90 Å². The summed E-state index contributed by atoms with van der Waals surface area (Å²) in [6.07, 6.45) is 1.56. The lowest BCUT2D eigenvalue weighted by atomic mass is 10.1. The van der Waals surface area contributed by atoms with E-state index in [-0.39, 0.29) is 5.91 Å². The quantitative estimate of drug-likeness (QED) is 0.831. The Morgan fingerprint density at radius 1 is 1.08 bits per heavy atom. The largest absolute Gasteiger partial charge is 0.385 e. The third-order valence-electron chi connectivity index (χ3n) is 4.84. The van der Waals surface area contributed by atoms with E-state index in [0.717, 1.165) is 49.0 Å². The zero-order valence-corrected chi connectivity index (χ0v) is 16.0. The van der Waals surface area contributed by atoms with Gasteiger partial charge < -0.3 is 15.1 Å². The van der Waals surface area contributed by atoms with Crippen molar-refractivity contribution in [3.05, 3.63) is 59.1 Å². The molecule has 138 valence electrons. The van der Waals surface area contributed by atoms with E-state index in [4.69, 9.17) is 11.6 Å². The van der Waals surface area contributed by atoms with Crippen molar-refractivity contribution < 1.29 is 4.79 Å². The molecule has 0 radical (unpaired) electrons. The number of amides is 1. The second-order valence-electron chi connectivity index (χ2n) is 6.57. The standard InChI is InChI=1S/C21H26ClN3O/c1-2-17-6-8-19(9-7-17)23-11-10-21(26)25-14-12-24(13-15-25)20-5-3-4-18(22)16-20/h3-9,16,23H,2,10-15H2,1H3. The molecule has 2 aromatic carbocycles. The summed E-state index contributed by atoms with van der Waals surface area (Å²) in [7, 11) is 0. The lowest BCUT2D eigenvalue weighted by Gasteiger charge is -2.36. The average molecular weight is 372 g/mol. The van der Waals surface area contributed by atoms with Gasteiger partial charge in [0.15, 0.2) is 0 Å². The molecule has 5 heteroatoms. The highest BCUT2D eigenvalue weighted by molar-refractivity contribution is 6.30. The van der Waals surface area contributed by atoms with Gasteiger partial charge in [-0.1, -0.05) is 36.7 Å². The fourth-order valence-electron chi connectivity index (χ4n) is 3.22. The van der Waals surface area contributed by atoms with Crippen LogP contribution in [0, 0.1) is 0 Å². The van der Waals surface area contributed by atoms with Crippen molar-refractivity contribution in [2.75, 3.05) is 42.9 Å². The molecule has 1 aliphatic rings. The minimum absolute atomic E-state index is 0.216. The molecule has 0 bridgehead atoms. The second-order valence-corrected chi connectivity index (χ2v) is 7.01. The molecular weight excluding hydrogens is 346 g/mol. The van der Waals surface area contributed by atoms with Crippen LogP contribution in [-0.2, 0) is 11.2 Å². The van der Waals surface area contributed by atoms with E-state index in [1.165, 1.54) is 5.56 Å². The lowest BCUT2D eigenvalue weighted by molar-refractivity contribution is -0.131. The normalized spacial score (nSPS) is 14.4. The Balaban J connectivity index is 1.42. The van der Waals surface area contributed by atoms with Crippen LogP contribution in [0.1, 0.15) is 18.9 Å². The van der Waals surface area contributed by atoms with Gasteiger partial charge in [-0.15, -0.1) is 0 Å². The minimum atomic E-state index is 0.216. The predicted molar refractivity (Wildman–Crippen MR) is 109 cm³/mol. The molecule has 1 saturated heterocycles. The van der Waals surface area contributed by atoms with Crippen molar-refractivity contribution in [1.29, 1.82) is 0 Å². The van der Waals surface area contributed by atoms with Gasteiger partial charge in [-0.3, -0.25) is 4.79 Å². The first-order chi connectivity index (χ1) is 12.7. The highest BCUT2D eigenvalue weighted by Crippen LogP contribution is 2.21. The maximum atomic E-state index is 12.4. The maximum Gasteiger partial charge on any atom is 0.224 e. The summed E-state index contributed by atoms with van der Waals surface area (Å²) in [5.74, 6) is 0.216. The van der Waals surface area contributed by atoms with E-state index >= 15 is 0 Å². The second kappa shape index (κ2) is 8.95. The Hall–Kier alpha value is -2.20. The predicted octanol–water partition coefficient (Wildman–Crippen LogP) is 4.05. The van der Waals surface area contributed by atoms with Crippen molar-refractivity contribution in [2.24, 2.45) is 0 Å². The van der Waals surface area contributed by atoms with Crippen LogP contribution in [0.4, 0.5) is 11.4 Å². The Morgan fingerprint density at radius 2 is 1.81 bits per heavy atom. The molecule has 4 nitrogen and oxygen atoms in total. The molecule has 0 aromatic heterocycles. The van der Waals surface area contributed by atoms with Gasteiger partial charge in [-0.05, 0) is 42.3 Å². The van der Waals surface area contributed by atoms with Crippen LogP contribution >= 0.6 is 11.6 Å². The summed E-state index contributed by atoms with van der Waals surface area (Å²) < 4.78 is 0. The molecule has 26 heavy (non-hydrogen) atoms. The monoisotopic (exact) mass is 371 g/mol. The molecule has 0 spiro atoms. The fourth-order valence-corrected chi connectivity index (χ4v) is 3.40. The molecule has 3 rings (SSSR count). The number of carbonyl (C=O) groups is 1. The van der Waals surface area contributed by atoms with E-state index in [1.807, 2.05) is 23.1 Å². The number of rotatable bonds is 6. The number of aryl methyl sites for hydroxylation is 1.